The molecule has 1 amide bonds. The molecule has 0 spiro atoms. The van der Waals surface area contributed by atoms with Crippen molar-refractivity contribution in [2.45, 2.75) is 19.9 Å². The molecule has 3 aromatic rings. The minimum atomic E-state index is -0.309. The van der Waals surface area contributed by atoms with Crippen LogP contribution in [0.5, 0.6) is 0 Å². The van der Waals surface area contributed by atoms with E-state index in [4.69, 9.17) is 4.42 Å². The van der Waals surface area contributed by atoms with Crippen molar-refractivity contribution in [3.05, 3.63) is 71.6 Å². The summed E-state index contributed by atoms with van der Waals surface area (Å²) in [6, 6.07) is 12.1. The Kier molecular flexibility index (Phi) is 3.93. The van der Waals surface area contributed by atoms with Crippen LogP contribution in [0.2, 0.25) is 0 Å². The van der Waals surface area contributed by atoms with Crippen molar-refractivity contribution < 1.29 is 9.21 Å². The second-order valence-electron chi connectivity index (χ2n) is 6.06. The molecule has 0 unspecified atom stereocenters. The molecular weight excluding hydrogens is 316 g/mol. The number of carbonyl (C=O) groups excluding carboxylic acids is 1. The number of nitrogens with one attached hydrogen (secondary N) is 1. The number of hydrogen-bond acceptors (Lipinski definition) is 5. The van der Waals surface area contributed by atoms with Crippen LogP contribution in [-0.4, -0.2) is 22.4 Å². The minimum Gasteiger partial charge on any atom is -0.438 e. The van der Waals surface area contributed by atoms with Crippen molar-refractivity contribution in [2.24, 2.45) is 0 Å². The van der Waals surface area contributed by atoms with Crippen molar-refractivity contribution in [2.75, 3.05) is 16.8 Å². The van der Waals surface area contributed by atoms with E-state index in [9.17, 15) is 4.79 Å². The summed E-state index contributed by atoms with van der Waals surface area (Å²) in [6.45, 7) is 3.46. The molecule has 1 aliphatic heterocycles. The summed E-state index contributed by atoms with van der Waals surface area (Å²) in [7, 11) is 0. The number of amides is 1. The Labute approximate surface area is 145 Å². The summed E-state index contributed by atoms with van der Waals surface area (Å²) in [5.41, 5.74) is 3.97. The van der Waals surface area contributed by atoms with Gasteiger partial charge in [0.05, 0.1) is 5.69 Å². The molecule has 0 aliphatic carbocycles. The molecule has 126 valence electrons. The highest BCUT2D eigenvalue weighted by molar-refractivity contribution is 6.03. The second kappa shape index (κ2) is 6.39. The van der Waals surface area contributed by atoms with Crippen LogP contribution in [0, 0.1) is 6.92 Å². The van der Waals surface area contributed by atoms with Gasteiger partial charge >= 0.3 is 0 Å². The lowest BCUT2D eigenvalue weighted by Crippen LogP contribution is -2.31. The monoisotopic (exact) mass is 334 g/mol. The van der Waals surface area contributed by atoms with Gasteiger partial charge in [0.2, 0.25) is 5.76 Å². The van der Waals surface area contributed by atoms with Crippen LogP contribution in [0.1, 0.15) is 27.4 Å². The zero-order chi connectivity index (χ0) is 17.2. The quantitative estimate of drug-likeness (QED) is 0.796. The second-order valence-corrected chi connectivity index (χ2v) is 6.06. The molecule has 6 heteroatoms. The molecule has 4 rings (SSSR count). The lowest BCUT2D eigenvalue weighted by atomic mass is 10.00. The molecule has 3 heterocycles. The summed E-state index contributed by atoms with van der Waals surface area (Å²) in [6.07, 6.45) is 3.97. The first-order valence-electron chi connectivity index (χ1n) is 8.20. The number of aromatic nitrogens is 2. The van der Waals surface area contributed by atoms with Gasteiger partial charge in [0.25, 0.3) is 5.91 Å². The Morgan fingerprint density at radius 2 is 2.04 bits per heavy atom. The van der Waals surface area contributed by atoms with Gasteiger partial charge in [0.15, 0.2) is 6.39 Å². The number of carbonyl (C=O) groups is 1. The van der Waals surface area contributed by atoms with Crippen LogP contribution in [-0.2, 0) is 13.0 Å². The van der Waals surface area contributed by atoms with Crippen molar-refractivity contribution in [1.82, 2.24) is 9.97 Å². The van der Waals surface area contributed by atoms with E-state index in [-0.39, 0.29) is 11.7 Å². The van der Waals surface area contributed by atoms with Gasteiger partial charge in [0.1, 0.15) is 5.82 Å². The number of rotatable bonds is 3. The van der Waals surface area contributed by atoms with Gasteiger partial charge in [-0.05, 0) is 30.5 Å². The number of nitrogens with zero attached hydrogens (tertiary/aromatic N) is 3. The molecule has 0 fully saturated rings. The summed E-state index contributed by atoms with van der Waals surface area (Å²) in [5, 5.41) is 2.84. The van der Waals surface area contributed by atoms with E-state index in [0.717, 1.165) is 25.3 Å². The predicted molar refractivity (Wildman–Crippen MR) is 94.6 cm³/mol. The number of aryl methyl sites for hydroxylation is 1. The predicted octanol–water partition coefficient (Wildman–Crippen LogP) is 3.19. The molecular formula is C19H18N4O2. The zero-order valence-electron chi connectivity index (χ0n) is 13.9. The Balaban J connectivity index is 1.52. The lowest BCUT2D eigenvalue weighted by molar-refractivity contribution is 0.0996. The van der Waals surface area contributed by atoms with E-state index in [1.165, 1.54) is 17.5 Å². The summed E-state index contributed by atoms with van der Waals surface area (Å²) < 4.78 is 5.13. The first-order valence-corrected chi connectivity index (χ1v) is 8.20. The average Bonchev–Trinajstić information content (AvgIpc) is 3.07. The van der Waals surface area contributed by atoms with Crippen LogP contribution in [0.3, 0.4) is 0 Å². The van der Waals surface area contributed by atoms with E-state index in [1.54, 1.807) is 19.2 Å². The molecule has 0 atom stereocenters. The molecule has 0 bridgehead atoms. The molecule has 2 aromatic heterocycles. The zero-order valence-corrected chi connectivity index (χ0v) is 13.9. The molecule has 0 radical (unpaired) electrons. The van der Waals surface area contributed by atoms with Crippen LogP contribution in [0.25, 0.3) is 0 Å². The molecule has 1 N–H and O–H groups in total. The third-order valence-electron chi connectivity index (χ3n) is 4.41. The van der Waals surface area contributed by atoms with Crippen molar-refractivity contribution in [3.8, 4) is 0 Å². The first-order chi connectivity index (χ1) is 12.2. The van der Waals surface area contributed by atoms with Crippen LogP contribution in [0.15, 0.2) is 53.4 Å². The third kappa shape index (κ3) is 3.10. The van der Waals surface area contributed by atoms with E-state index < -0.39 is 0 Å². The standard InChI is InChI=1S/C19H18N4O2/c1-13-18(25-12-21-13)19(24)22-16-6-8-20-17(10-16)23-9-7-14-4-2-3-5-15(14)11-23/h2-6,8,10,12H,7,9,11H2,1H3,(H,20,22,24). The number of anilines is 2. The molecule has 1 aliphatic rings. The maximum absolute atomic E-state index is 12.3. The third-order valence-corrected chi connectivity index (χ3v) is 4.41. The highest BCUT2D eigenvalue weighted by Crippen LogP contribution is 2.24. The highest BCUT2D eigenvalue weighted by atomic mass is 16.3. The fourth-order valence-electron chi connectivity index (χ4n) is 3.07. The number of pyridine rings is 1. The van der Waals surface area contributed by atoms with Crippen LogP contribution in [0.4, 0.5) is 11.5 Å². The summed E-state index contributed by atoms with van der Waals surface area (Å²) in [4.78, 5) is 22.9. The Hall–Kier alpha value is -3.15. The largest absolute Gasteiger partial charge is 0.438 e. The molecule has 6 nitrogen and oxygen atoms in total. The summed E-state index contributed by atoms with van der Waals surface area (Å²) in [5.74, 6) is 0.767. The number of oxazole rings is 1. The maximum Gasteiger partial charge on any atom is 0.293 e. The van der Waals surface area contributed by atoms with E-state index in [0.29, 0.717) is 11.4 Å². The van der Waals surface area contributed by atoms with Crippen molar-refractivity contribution in [3.63, 3.8) is 0 Å². The van der Waals surface area contributed by atoms with E-state index in [2.05, 4.69) is 44.5 Å². The van der Waals surface area contributed by atoms with E-state index >= 15 is 0 Å². The smallest absolute Gasteiger partial charge is 0.293 e. The topological polar surface area (TPSA) is 71.3 Å². The van der Waals surface area contributed by atoms with Gasteiger partial charge in [-0.3, -0.25) is 4.79 Å². The van der Waals surface area contributed by atoms with Gasteiger partial charge in [-0.25, -0.2) is 9.97 Å². The van der Waals surface area contributed by atoms with Crippen LogP contribution < -0.4 is 10.2 Å². The molecule has 0 saturated carbocycles. The fourth-order valence-corrected chi connectivity index (χ4v) is 3.07. The highest BCUT2D eigenvalue weighted by Gasteiger charge is 2.18. The Bertz CT molecular complexity index is 919. The number of hydrogen-bond donors (Lipinski definition) is 1. The van der Waals surface area contributed by atoms with E-state index in [1.807, 2.05) is 6.07 Å². The number of fused-ring (bicyclic) bond motifs is 1. The van der Waals surface area contributed by atoms with Gasteiger partial charge in [-0.1, -0.05) is 24.3 Å². The average molecular weight is 334 g/mol. The number of benzene rings is 1. The Morgan fingerprint density at radius 1 is 1.20 bits per heavy atom. The lowest BCUT2D eigenvalue weighted by Gasteiger charge is -2.30. The minimum absolute atomic E-state index is 0.227. The normalized spacial score (nSPS) is 13.4. The first kappa shape index (κ1) is 15.4. The molecule has 1 aromatic carbocycles. The van der Waals surface area contributed by atoms with Crippen LogP contribution >= 0.6 is 0 Å². The SMILES string of the molecule is Cc1ncoc1C(=O)Nc1ccnc(N2CCc3ccccc3C2)c1. The molecule has 0 saturated heterocycles. The van der Waals surface area contributed by atoms with Gasteiger partial charge in [-0.15, -0.1) is 0 Å². The van der Waals surface area contributed by atoms with Gasteiger partial charge in [-0.2, -0.15) is 0 Å². The van der Waals surface area contributed by atoms with Gasteiger partial charge in [0, 0.05) is 31.0 Å². The Morgan fingerprint density at radius 3 is 2.84 bits per heavy atom. The maximum atomic E-state index is 12.3. The summed E-state index contributed by atoms with van der Waals surface area (Å²) >= 11 is 0. The fraction of sp³-hybridized carbons (Fsp3) is 0.211. The van der Waals surface area contributed by atoms with Crippen molar-refractivity contribution in [1.29, 1.82) is 0 Å². The van der Waals surface area contributed by atoms with Crippen molar-refractivity contribution >= 4 is 17.4 Å². The molecule has 25 heavy (non-hydrogen) atoms. The van der Waals surface area contributed by atoms with Gasteiger partial charge < -0.3 is 14.6 Å².